The molecule has 1 aliphatic heterocycles. The van der Waals surface area contributed by atoms with E-state index in [2.05, 4.69) is 17.8 Å². The average molecular weight is 267 g/mol. The fourth-order valence-corrected chi connectivity index (χ4v) is 2.45. The van der Waals surface area contributed by atoms with Gasteiger partial charge in [-0.25, -0.2) is 9.82 Å². The van der Waals surface area contributed by atoms with Gasteiger partial charge in [-0.05, 0) is 45.0 Å². The smallest absolute Gasteiger partial charge is 0.165 e. The summed E-state index contributed by atoms with van der Waals surface area (Å²) in [6.45, 7) is 6.37. The van der Waals surface area contributed by atoms with Crippen molar-refractivity contribution in [3.63, 3.8) is 0 Å². The fourth-order valence-electron chi connectivity index (χ4n) is 2.45. The van der Waals surface area contributed by atoms with Gasteiger partial charge in [-0.3, -0.25) is 5.43 Å². The highest BCUT2D eigenvalue weighted by Crippen LogP contribution is 2.30. The first-order valence-electron chi connectivity index (χ1n) is 6.70. The van der Waals surface area contributed by atoms with Gasteiger partial charge in [0.15, 0.2) is 11.6 Å². The summed E-state index contributed by atoms with van der Waals surface area (Å²) in [5.41, 5.74) is 13.0. The summed E-state index contributed by atoms with van der Waals surface area (Å²) in [5, 5.41) is 0. The molecule has 1 saturated heterocycles. The lowest BCUT2D eigenvalue weighted by Crippen LogP contribution is -2.30. The number of nitrogens with two attached hydrogens (primary N) is 1. The van der Waals surface area contributed by atoms with Gasteiger partial charge in [-0.2, -0.15) is 0 Å². The Bertz CT molecular complexity index is 439. The average Bonchev–Trinajstić information content (AvgIpc) is 2.72. The van der Waals surface area contributed by atoms with Crippen molar-refractivity contribution in [3.05, 3.63) is 29.6 Å². The van der Waals surface area contributed by atoms with Crippen molar-refractivity contribution in [1.82, 2.24) is 10.9 Å². The van der Waals surface area contributed by atoms with Crippen molar-refractivity contribution in [2.24, 2.45) is 11.7 Å². The molecule has 0 saturated carbocycles. The topological polar surface area (TPSA) is 59.3 Å². The molecule has 3 unspecified atom stereocenters. The van der Waals surface area contributed by atoms with Crippen LogP contribution in [0.3, 0.4) is 0 Å². The molecule has 1 aromatic rings. The zero-order chi connectivity index (χ0) is 14.0. The number of hydrogen-bond donors (Lipinski definition) is 3. The lowest BCUT2D eigenvalue weighted by Gasteiger charge is -2.20. The lowest BCUT2D eigenvalue weighted by molar-refractivity contribution is 0.231. The maximum absolute atomic E-state index is 14.0. The Balaban J connectivity index is 2.20. The molecule has 0 aliphatic carbocycles. The third-order valence-electron chi connectivity index (χ3n) is 3.49. The lowest BCUT2D eigenvalue weighted by atomic mass is 9.90. The van der Waals surface area contributed by atoms with Gasteiger partial charge in [0.25, 0.3) is 0 Å². The molecule has 0 bridgehead atoms. The minimum Gasteiger partial charge on any atom is -0.488 e. The van der Waals surface area contributed by atoms with Crippen molar-refractivity contribution in [3.8, 4) is 5.75 Å². The summed E-state index contributed by atoms with van der Waals surface area (Å²) in [5.74, 6) is 0.210. The fraction of sp³-hybridized carbons (Fsp3) is 0.571. The number of rotatable bonds is 4. The molecule has 0 aromatic heterocycles. The number of halogens is 1. The van der Waals surface area contributed by atoms with Crippen LogP contribution in [0.15, 0.2) is 18.2 Å². The summed E-state index contributed by atoms with van der Waals surface area (Å²) < 4.78 is 19.4. The molecule has 3 atom stereocenters. The number of ether oxygens (including phenoxy) is 1. The van der Waals surface area contributed by atoms with Crippen LogP contribution in [0.25, 0.3) is 0 Å². The highest BCUT2D eigenvalue weighted by Gasteiger charge is 2.33. The van der Waals surface area contributed by atoms with E-state index in [9.17, 15) is 4.39 Å². The molecule has 19 heavy (non-hydrogen) atoms. The highest BCUT2D eigenvalue weighted by atomic mass is 19.1. The van der Waals surface area contributed by atoms with Crippen molar-refractivity contribution in [1.29, 1.82) is 0 Å². The predicted molar refractivity (Wildman–Crippen MR) is 73.2 cm³/mol. The van der Waals surface area contributed by atoms with Gasteiger partial charge in [-0.1, -0.05) is 6.07 Å². The van der Waals surface area contributed by atoms with Crippen LogP contribution in [0.5, 0.6) is 5.75 Å². The Labute approximate surface area is 113 Å². The highest BCUT2D eigenvalue weighted by molar-refractivity contribution is 5.32. The van der Waals surface area contributed by atoms with Gasteiger partial charge < -0.3 is 10.5 Å². The Kier molecular flexibility index (Phi) is 4.39. The summed E-state index contributed by atoms with van der Waals surface area (Å²) in [6, 6.07) is 5.40. The third kappa shape index (κ3) is 3.05. The second-order valence-corrected chi connectivity index (χ2v) is 5.31. The normalized spacial score (nSPS) is 26.9. The maximum atomic E-state index is 14.0. The minimum atomic E-state index is -0.330. The molecule has 1 fully saturated rings. The molecular formula is C14H22FN3O. The molecule has 1 aliphatic rings. The standard InChI is InChI=1S/C14H22FN3O/c1-8(2)19-13-5-4-10(6-12(13)15)14-11(7-16)9(3)17-18-14/h4-6,8-9,11,14,17-18H,7,16H2,1-3H3. The summed E-state index contributed by atoms with van der Waals surface area (Å²) >= 11 is 0. The molecule has 1 aromatic carbocycles. The first kappa shape index (κ1) is 14.2. The minimum absolute atomic E-state index is 0.0302. The molecule has 4 N–H and O–H groups in total. The van der Waals surface area contributed by atoms with Crippen LogP contribution in [0, 0.1) is 11.7 Å². The first-order valence-corrected chi connectivity index (χ1v) is 6.70. The van der Waals surface area contributed by atoms with E-state index in [4.69, 9.17) is 10.5 Å². The molecular weight excluding hydrogens is 245 g/mol. The molecule has 0 radical (unpaired) electrons. The monoisotopic (exact) mass is 267 g/mol. The summed E-state index contributed by atoms with van der Waals surface area (Å²) in [4.78, 5) is 0. The van der Waals surface area contributed by atoms with Crippen molar-refractivity contribution < 1.29 is 9.13 Å². The Morgan fingerprint density at radius 1 is 1.37 bits per heavy atom. The quantitative estimate of drug-likeness (QED) is 0.777. The van der Waals surface area contributed by atoms with Crippen LogP contribution < -0.4 is 21.3 Å². The van der Waals surface area contributed by atoms with Crippen LogP contribution in [0.2, 0.25) is 0 Å². The van der Waals surface area contributed by atoms with E-state index in [-0.39, 0.29) is 29.9 Å². The van der Waals surface area contributed by atoms with Gasteiger partial charge in [0.05, 0.1) is 12.1 Å². The number of nitrogens with one attached hydrogen (secondary N) is 2. The van der Waals surface area contributed by atoms with E-state index in [0.29, 0.717) is 12.3 Å². The largest absolute Gasteiger partial charge is 0.488 e. The van der Waals surface area contributed by atoms with Gasteiger partial charge in [0.1, 0.15) is 0 Å². The van der Waals surface area contributed by atoms with E-state index in [1.54, 1.807) is 6.07 Å². The Morgan fingerprint density at radius 3 is 2.68 bits per heavy atom. The maximum Gasteiger partial charge on any atom is 0.165 e. The van der Waals surface area contributed by atoms with Gasteiger partial charge in [-0.15, -0.1) is 0 Å². The van der Waals surface area contributed by atoms with Gasteiger partial charge >= 0.3 is 0 Å². The summed E-state index contributed by atoms with van der Waals surface area (Å²) in [7, 11) is 0. The first-order chi connectivity index (χ1) is 9.02. The molecule has 0 spiro atoms. The van der Waals surface area contributed by atoms with E-state index >= 15 is 0 Å². The number of hydrogen-bond acceptors (Lipinski definition) is 4. The van der Waals surface area contributed by atoms with E-state index in [1.807, 2.05) is 19.9 Å². The SMILES string of the molecule is CC(C)Oc1ccc(C2NNC(C)C2CN)cc1F. The molecule has 5 heteroatoms. The molecule has 0 amide bonds. The third-order valence-corrected chi connectivity index (χ3v) is 3.49. The Hall–Kier alpha value is -1.17. The zero-order valence-corrected chi connectivity index (χ0v) is 11.6. The zero-order valence-electron chi connectivity index (χ0n) is 11.6. The summed E-state index contributed by atoms with van der Waals surface area (Å²) in [6.07, 6.45) is -0.0385. The molecule has 106 valence electrons. The number of benzene rings is 1. The molecule has 2 rings (SSSR count). The van der Waals surface area contributed by atoms with Crippen molar-refractivity contribution in [2.45, 2.75) is 39.0 Å². The van der Waals surface area contributed by atoms with Crippen molar-refractivity contribution >= 4 is 0 Å². The van der Waals surface area contributed by atoms with E-state index < -0.39 is 0 Å². The molecule has 4 nitrogen and oxygen atoms in total. The molecule has 1 heterocycles. The van der Waals surface area contributed by atoms with Crippen LogP contribution in [-0.2, 0) is 0 Å². The Morgan fingerprint density at radius 2 is 2.11 bits per heavy atom. The van der Waals surface area contributed by atoms with Gasteiger partial charge in [0.2, 0.25) is 0 Å². The predicted octanol–water partition coefficient (Wildman–Crippen LogP) is 1.73. The van der Waals surface area contributed by atoms with E-state index in [0.717, 1.165) is 5.56 Å². The van der Waals surface area contributed by atoms with Crippen LogP contribution >= 0.6 is 0 Å². The van der Waals surface area contributed by atoms with Crippen LogP contribution in [0.4, 0.5) is 4.39 Å². The second kappa shape index (κ2) is 5.86. The van der Waals surface area contributed by atoms with Crippen LogP contribution in [0.1, 0.15) is 32.4 Å². The number of hydrazine groups is 1. The second-order valence-electron chi connectivity index (χ2n) is 5.31. The van der Waals surface area contributed by atoms with E-state index in [1.165, 1.54) is 6.07 Å². The van der Waals surface area contributed by atoms with Gasteiger partial charge in [0, 0.05) is 12.0 Å². The van der Waals surface area contributed by atoms with Crippen molar-refractivity contribution in [2.75, 3.05) is 6.54 Å². The van der Waals surface area contributed by atoms with Crippen LogP contribution in [-0.4, -0.2) is 18.7 Å².